The smallest absolute Gasteiger partial charge is 0.226 e. The molecular weight excluding hydrogens is 238 g/mol. The fourth-order valence-electron chi connectivity index (χ4n) is 2.00. The molecule has 1 aromatic carbocycles. The first-order valence-electron chi connectivity index (χ1n) is 7.06. The number of likely N-dealkylation sites (N-methyl/N-ethyl adjacent to an activating group) is 1. The number of carbonyl (C=O) groups excluding carboxylic acids is 1. The van der Waals surface area contributed by atoms with Crippen molar-refractivity contribution in [3.8, 4) is 5.75 Å². The summed E-state index contributed by atoms with van der Waals surface area (Å²) in [7, 11) is 0. The molecule has 19 heavy (non-hydrogen) atoms. The monoisotopic (exact) mass is 263 g/mol. The molecule has 0 atom stereocenters. The maximum Gasteiger partial charge on any atom is 0.226 e. The molecule has 0 heterocycles. The molecule has 0 unspecified atom stereocenters. The second-order valence-electron chi connectivity index (χ2n) is 5.08. The molecule has 0 saturated carbocycles. The number of benzene rings is 1. The molecule has 0 aliphatic carbocycles. The van der Waals surface area contributed by atoms with Crippen molar-refractivity contribution in [2.45, 2.75) is 34.1 Å². The van der Waals surface area contributed by atoms with Gasteiger partial charge in [0.1, 0.15) is 5.75 Å². The van der Waals surface area contributed by atoms with Crippen LogP contribution >= 0.6 is 0 Å². The third kappa shape index (κ3) is 5.33. The van der Waals surface area contributed by atoms with E-state index in [4.69, 9.17) is 4.74 Å². The van der Waals surface area contributed by atoms with Gasteiger partial charge < -0.3 is 9.64 Å². The first-order valence-corrected chi connectivity index (χ1v) is 7.06. The number of ether oxygens (including phenoxy) is 1. The van der Waals surface area contributed by atoms with Gasteiger partial charge in [-0.05, 0) is 37.5 Å². The highest BCUT2D eigenvalue weighted by atomic mass is 16.5. The van der Waals surface area contributed by atoms with Crippen LogP contribution < -0.4 is 4.74 Å². The average molecular weight is 263 g/mol. The molecule has 0 N–H and O–H groups in total. The number of rotatable bonds is 7. The molecule has 0 aromatic heterocycles. The Kier molecular flexibility index (Phi) is 6.40. The zero-order valence-electron chi connectivity index (χ0n) is 12.5. The Morgan fingerprint density at radius 1 is 1.21 bits per heavy atom. The van der Waals surface area contributed by atoms with Crippen LogP contribution in [0.15, 0.2) is 24.3 Å². The molecular formula is C16H25NO2. The van der Waals surface area contributed by atoms with E-state index >= 15 is 0 Å². The molecule has 0 spiro atoms. The number of nitrogens with zero attached hydrogens (tertiary/aromatic N) is 1. The summed E-state index contributed by atoms with van der Waals surface area (Å²) in [6.07, 6.45) is 0.465. The van der Waals surface area contributed by atoms with Crippen LogP contribution in [-0.2, 0) is 11.2 Å². The molecule has 1 amide bonds. The van der Waals surface area contributed by atoms with Crippen LogP contribution in [0.25, 0.3) is 0 Å². The fourth-order valence-corrected chi connectivity index (χ4v) is 2.00. The zero-order chi connectivity index (χ0) is 14.3. The summed E-state index contributed by atoms with van der Waals surface area (Å²) in [4.78, 5) is 14.1. The molecule has 0 bridgehead atoms. The summed E-state index contributed by atoms with van der Waals surface area (Å²) >= 11 is 0. The van der Waals surface area contributed by atoms with Gasteiger partial charge in [0.15, 0.2) is 0 Å². The van der Waals surface area contributed by atoms with Crippen molar-refractivity contribution in [3.05, 3.63) is 29.8 Å². The molecule has 0 aliphatic heterocycles. The van der Waals surface area contributed by atoms with Crippen LogP contribution in [0, 0.1) is 5.92 Å². The number of carbonyl (C=O) groups is 1. The Labute approximate surface area is 116 Å². The van der Waals surface area contributed by atoms with E-state index in [0.29, 0.717) is 18.9 Å². The lowest BCUT2D eigenvalue weighted by Crippen LogP contribution is -2.35. The quantitative estimate of drug-likeness (QED) is 0.756. The summed E-state index contributed by atoms with van der Waals surface area (Å²) in [6, 6.07) is 7.77. The van der Waals surface area contributed by atoms with Gasteiger partial charge in [-0.2, -0.15) is 0 Å². The maximum atomic E-state index is 12.2. The van der Waals surface area contributed by atoms with Gasteiger partial charge in [-0.25, -0.2) is 0 Å². The Hall–Kier alpha value is -1.51. The topological polar surface area (TPSA) is 29.5 Å². The highest BCUT2D eigenvalue weighted by Gasteiger charge is 2.13. The molecule has 0 aliphatic rings. The van der Waals surface area contributed by atoms with Gasteiger partial charge in [-0.15, -0.1) is 0 Å². The molecule has 3 heteroatoms. The van der Waals surface area contributed by atoms with Gasteiger partial charge in [0.2, 0.25) is 5.91 Å². The lowest BCUT2D eigenvalue weighted by molar-refractivity contribution is -0.130. The Balaban J connectivity index is 2.59. The van der Waals surface area contributed by atoms with Gasteiger partial charge >= 0.3 is 0 Å². The lowest BCUT2D eigenvalue weighted by Gasteiger charge is -2.23. The van der Waals surface area contributed by atoms with Crippen molar-refractivity contribution in [2.24, 2.45) is 5.92 Å². The lowest BCUT2D eigenvalue weighted by atomic mass is 10.1. The molecule has 106 valence electrons. The minimum absolute atomic E-state index is 0.195. The molecule has 0 saturated heterocycles. The normalized spacial score (nSPS) is 10.6. The second kappa shape index (κ2) is 7.82. The van der Waals surface area contributed by atoms with E-state index in [1.165, 1.54) is 0 Å². The summed E-state index contributed by atoms with van der Waals surface area (Å²) in [5, 5.41) is 0. The van der Waals surface area contributed by atoms with E-state index in [-0.39, 0.29) is 5.91 Å². The van der Waals surface area contributed by atoms with Gasteiger partial charge in [0, 0.05) is 13.1 Å². The van der Waals surface area contributed by atoms with Gasteiger partial charge in [0.25, 0.3) is 0 Å². The molecule has 1 rings (SSSR count). The Morgan fingerprint density at radius 3 is 2.32 bits per heavy atom. The minimum Gasteiger partial charge on any atom is -0.494 e. The first kappa shape index (κ1) is 15.5. The molecule has 3 nitrogen and oxygen atoms in total. The van der Waals surface area contributed by atoms with E-state index in [1.807, 2.05) is 43.0 Å². The van der Waals surface area contributed by atoms with Gasteiger partial charge in [-0.3, -0.25) is 4.79 Å². The Morgan fingerprint density at radius 2 is 1.84 bits per heavy atom. The molecule has 0 fully saturated rings. The maximum absolute atomic E-state index is 12.2. The molecule has 0 radical (unpaired) electrons. The highest BCUT2D eigenvalue weighted by molar-refractivity contribution is 5.78. The van der Waals surface area contributed by atoms with Crippen LogP contribution in [-0.4, -0.2) is 30.5 Å². The van der Waals surface area contributed by atoms with E-state index in [2.05, 4.69) is 13.8 Å². The SMILES string of the molecule is CCOc1ccc(CC(=O)N(CC)CC(C)C)cc1. The summed E-state index contributed by atoms with van der Waals surface area (Å²) < 4.78 is 5.39. The molecule has 1 aromatic rings. The van der Waals surface area contributed by atoms with Crippen LogP contribution in [0.1, 0.15) is 33.3 Å². The van der Waals surface area contributed by atoms with Crippen molar-refractivity contribution in [2.75, 3.05) is 19.7 Å². The van der Waals surface area contributed by atoms with Crippen molar-refractivity contribution in [1.82, 2.24) is 4.90 Å². The van der Waals surface area contributed by atoms with Crippen LogP contribution in [0.3, 0.4) is 0 Å². The van der Waals surface area contributed by atoms with Gasteiger partial charge in [-0.1, -0.05) is 26.0 Å². The van der Waals surface area contributed by atoms with Crippen LogP contribution in [0.4, 0.5) is 0 Å². The fraction of sp³-hybridized carbons (Fsp3) is 0.562. The summed E-state index contributed by atoms with van der Waals surface area (Å²) in [5.74, 6) is 1.55. The summed E-state index contributed by atoms with van der Waals surface area (Å²) in [5.41, 5.74) is 1.04. The number of amides is 1. The van der Waals surface area contributed by atoms with Crippen molar-refractivity contribution < 1.29 is 9.53 Å². The van der Waals surface area contributed by atoms with E-state index < -0.39 is 0 Å². The van der Waals surface area contributed by atoms with E-state index in [9.17, 15) is 4.79 Å². The first-order chi connectivity index (χ1) is 9.06. The number of hydrogen-bond donors (Lipinski definition) is 0. The number of hydrogen-bond acceptors (Lipinski definition) is 2. The average Bonchev–Trinajstić information content (AvgIpc) is 2.38. The second-order valence-corrected chi connectivity index (χ2v) is 5.08. The van der Waals surface area contributed by atoms with Crippen LogP contribution in [0.5, 0.6) is 5.75 Å². The van der Waals surface area contributed by atoms with E-state index in [0.717, 1.165) is 24.4 Å². The van der Waals surface area contributed by atoms with Crippen LogP contribution in [0.2, 0.25) is 0 Å². The van der Waals surface area contributed by atoms with Crippen molar-refractivity contribution in [3.63, 3.8) is 0 Å². The van der Waals surface area contributed by atoms with Crippen molar-refractivity contribution >= 4 is 5.91 Å². The predicted molar refractivity (Wildman–Crippen MR) is 78.4 cm³/mol. The standard InChI is InChI=1S/C16H25NO2/c1-5-17(12-13(3)4)16(18)11-14-7-9-15(10-8-14)19-6-2/h7-10,13H,5-6,11-12H2,1-4H3. The Bertz CT molecular complexity index is 384. The third-order valence-electron chi connectivity index (χ3n) is 2.91. The highest BCUT2D eigenvalue weighted by Crippen LogP contribution is 2.13. The zero-order valence-corrected chi connectivity index (χ0v) is 12.5. The minimum atomic E-state index is 0.195. The summed E-state index contributed by atoms with van der Waals surface area (Å²) in [6.45, 7) is 10.5. The van der Waals surface area contributed by atoms with Gasteiger partial charge in [0.05, 0.1) is 13.0 Å². The largest absolute Gasteiger partial charge is 0.494 e. The third-order valence-corrected chi connectivity index (χ3v) is 2.91. The van der Waals surface area contributed by atoms with E-state index in [1.54, 1.807) is 0 Å². The van der Waals surface area contributed by atoms with Crippen molar-refractivity contribution in [1.29, 1.82) is 0 Å². The predicted octanol–water partition coefficient (Wildman–Crippen LogP) is 3.13.